The van der Waals surface area contributed by atoms with Crippen molar-refractivity contribution in [3.8, 4) is 0 Å². The molecule has 1 N–H and O–H groups in total. The van der Waals surface area contributed by atoms with Gasteiger partial charge in [-0.2, -0.15) is 0 Å². The molecule has 1 heterocycles. The van der Waals surface area contributed by atoms with Crippen molar-refractivity contribution in [2.45, 2.75) is 16.2 Å². The number of halogens is 3. The van der Waals surface area contributed by atoms with Gasteiger partial charge in [0.25, 0.3) is 0 Å². The first-order valence-corrected chi connectivity index (χ1v) is 13.1. The Morgan fingerprint density at radius 1 is 0.800 bits per heavy atom. The van der Waals surface area contributed by atoms with E-state index in [1.165, 1.54) is 4.90 Å². The van der Waals surface area contributed by atoms with Crippen LogP contribution in [0.25, 0.3) is 0 Å². The molecule has 0 radical (unpaired) electrons. The lowest BCUT2D eigenvalue weighted by atomic mass is 9.54. The summed E-state index contributed by atoms with van der Waals surface area (Å²) in [6, 6.07) is 22.4. The van der Waals surface area contributed by atoms with Crippen LogP contribution in [0.2, 0.25) is 0 Å². The molecule has 3 aromatic rings. The summed E-state index contributed by atoms with van der Waals surface area (Å²) in [6.45, 7) is -0.0342. The lowest BCUT2D eigenvalue weighted by molar-refractivity contribution is -0.140. The van der Waals surface area contributed by atoms with E-state index in [9.17, 15) is 14.4 Å². The summed E-state index contributed by atoms with van der Waals surface area (Å²) >= 11 is 17.0. The molecule has 0 saturated carbocycles. The number of carbonyl (C=O) groups excluding carboxylic acids is 3. The van der Waals surface area contributed by atoms with Crippen LogP contribution >= 0.6 is 45.8 Å². The van der Waals surface area contributed by atoms with Gasteiger partial charge >= 0.3 is 0 Å². The number of anilines is 1. The predicted octanol–water partition coefficient (Wildman–Crippen LogP) is 5.21. The van der Waals surface area contributed by atoms with E-state index in [0.717, 1.165) is 25.8 Å². The van der Waals surface area contributed by atoms with E-state index in [-0.39, 0.29) is 30.7 Å². The first-order chi connectivity index (χ1) is 16.8. The zero-order chi connectivity index (χ0) is 24.5. The van der Waals surface area contributed by atoms with Crippen molar-refractivity contribution in [3.05, 3.63) is 98.6 Å². The van der Waals surface area contributed by atoms with Crippen LogP contribution in [0.15, 0.2) is 72.8 Å². The fourth-order valence-corrected chi connectivity index (χ4v) is 7.37. The van der Waals surface area contributed by atoms with E-state index in [0.29, 0.717) is 5.69 Å². The standard InChI is InChI=1S/C27H19Cl2IN2O3/c28-26-17-5-1-2-6-18(17)27(29,20-8-4-3-7-19(20)26)23-22(26)24(34)32(25(23)35)14-13-21(33)31-16-11-9-15(30)10-12-16/h1-12,22-23H,13-14H2,(H,31,33)/t22-,23-,26?,27?/m1/s1. The van der Waals surface area contributed by atoms with Crippen molar-refractivity contribution in [2.75, 3.05) is 11.9 Å². The molecule has 176 valence electrons. The SMILES string of the molecule is O=C(CCN1C(=O)[C@H]2[C@H](C1=O)C1(Cl)c3ccccc3C2(Cl)c2ccccc21)Nc1ccc(I)cc1. The minimum Gasteiger partial charge on any atom is -0.326 e. The first-order valence-electron chi connectivity index (χ1n) is 11.3. The number of alkyl halides is 2. The molecule has 8 heteroatoms. The van der Waals surface area contributed by atoms with Gasteiger partial charge in [-0.25, -0.2) is 0 Å². The van der Waals surface area contributed by atoms with Gasteiger partial charge in [0.2, 0.25) is 17.7 Å². The molecule has 3 amide bonds. The van der Waals surface area contributed by atoms with Crippen molar-refractivity contribution < 1.29 is 14.4 Å². The van der Waals surface area contributed by atoms with E-state index in [1.54, 1.807) is 12.1 Å². The Balaban J connectivity index is 1.34. The third kappa shape index (κ3) is 3.09. The molecule has 1 fully saturated rings. The minimum absolute atomic E-state index is 0.0205. The van der Waals surface area contributed by atoms with E-state index in [2.05, 4.69) is 27.9 Å². The number of rotatable bonds is 4. The monoisotopic (exact) mass is 616 g/mol. The van der Waals surface area contributed by atoms with Gasteiger partial charge in [0.1, 0.15) is 9.75 Å². The second-order valence-electron chi connectivity index (χ2n) is 9.10. The van der Waals surface area contributed by atoms with Gasteiger partial charge in [-0.15, -0.1) is 23.2 Å². The fourth-order valence-electron chi connectivity index (χ4n) is 5.92. The lowest BCUT2D eigenvalue weighted by Crippen LogP contribution is -2.57. The van der Waals surface area contributed by atoms with Crippen LogP contribution in [0.5, 0.6) is 0 Å². The highest BCUT2D eigenvalue weighted by Gasteiger charge is 2.72. The number of nitrogens with zero attached hydrogens (tertiary/aromatic N) is 1. The molecule has 5 nitrogen and oxygen atoms in total. The zero-order valence-corrected chi connectivity index (χ0v) is 22.0. The number of imide groups is 1. The molecule has 2 atom stereocenters. The molecule has 1 saturated heterocycles. The summed E-state index contributed by atoms with van der Waals surface area (Å²) in [6.07, 6.45) is -0.0205. The Bertz CT molecular complexity index is 1290. The molecular weight excluding hydrogens is 598 g/mol. The van der Waals surface area contributed by atoms with Crippen LogP contribution in [0.1, 0.15) is 28.7 Å². The van der Waals surface area contributed by atoms with Gasteiger partial charge in [-0.1, -0.05) is 48.5 Å². The molecule has 2 bridgehead atoms. The van der Waals surface area contributed by atoms with Crippen LogP contribution in [0.3, 0.4) is 0 Å². The molecular formula is C27H19Cl2IN2O3. The van der Waals surface area contributed by atoms with Crippen molar-refractivity contribution in [2.24, 2.45) is 11.8 Å². The predicted molar refractivity (Wildman–Crippen MR) is 142 cm³/mol. The van der Waals surface area contributed by atoms with Gasteiger partial charge in [-0.3, -0.25) is 19.3 Å². The summed E-state index contributed by atoms with van der Waals surface area (Å²) in [5.74, 6) is -2.74. The Labute approximate surface area is 225 Å². The van der Waals surface area contributed by atoms with Gasteiger partial charge in [-0.05, 0) is 69.1 Å². The minimum atomic E-state index is -1.21. The third-order valence-corrected chi connectivity index (χ3v) is 9.37. The fraction of sp³-hybridized carbons (Fsp3) is 0.222. The molecule has 0 spiro atoms. The van der Waals surface area contributed by atoms with Crippen LogP contribution in [0, 0.1) is 15.4 Å². The molecule has 4 aliphatic rings. The number of carbonyl (C=O) groups is 3. The first kappa shape index (κ1) is 23.0. The maximum atomic E-state index is 13.7. The third-order valence-electron chi connectivity index (χ3n) is 7.37. The van der Waals surface area contributed by atoms with E-state index >= 15 is 0 Å². The number of nitrogens with one attached hydrogen (secondary N) is 1. The normalized spacial score (nSPS) is 27.9. The maximum absolute atomic E-state index is 13.7. The number of amides is 3. The number of likely N-dealkylation sites (tertiary alicyclic amines) is 1. The van der Waals surface area contributed by atoms with Gasteiger partial charge in [0.05, 0.1) is 11.8 Å². The molecule has 1 aliphatic heterocycles. The second kappa shape index (κ2) is 8.05. The van der Waals surface area contributed by atoms with Gasteiger partial charge < -0.3 is 5.32 Å². The Morgan fingerprint density at radius 3 is 1.66 bits per heavy atom. The Kier molecular flexibility index (Phi) is 5.29. The Morgan fingerprint density at radius 2 is 1.23 bits per heavy atom. The second-order valence-corrected chi connectivity index (χ2v) is 11.5. The lowest BCUT2D eigenvalue weighted by Gasteiger charge is -2.54. The molecule has 7 rings (SSSR count). The smallest absolute Gasteiger partial charge is 0.235 e. The number of benzene rings is 3. The zero-order valence-electron chi connectivity index (χ0n) is 18.3. The molecule has 3 aliphatic carbocycles. The summed E-state index contributed by atoms with van der Waals surface area (Å²) in [7, 11) is 0. The highest BCUT2D eigenvalue weighted by molar-refractivity contribution is 14.1. The number of hydrogen-bond donors (Lipinski definition) is 1. The molecule has 35 heavy (non-hydrogen) atoms. The summed E-state index contributed by atoms with van der Waals surface area (Å²) in [4.78, 5) is 38.8. The number of hydrogen-bond acceptors (Lipinski definition) is 3. The van der Waals surface area contributed by atoms with Crippen molar-refractivity contribution in [1.82, 2.24) is 4.90 Å². The van der Waals surface area contributed by atoms with Crippen molar-refractivity contribution in [1.29, 1.82) is 0 Å². The molecule has 0 aromatic heterocycles. The maximum Gasteiger partial charge on any atom is 0.235 e. The summed E-state index contributed by atoms with van der Waals surface area (Å²) < 4.78 is 1.05. The van der Waals surface area contributed by atoms with Crippen LogP contribution in [-0.4, -0.2) is 29.2 Å². The highest BCUT2D eigenvalue weighted by atomic mass is 127. The summed E-state index contributed by atoms with van der Waals surface area (Å²) in [5, 5.41) is 2.81. The highest BCUT2D eigenvalue weighted by Crippen LogP contribution is 2.69. The van der Waals surface area contributed by atoms with E-state index < -0.39 is 21.6 Å². The van der Waals surface area contributed by atoms with Crippen LogP contribution in [0.4, 0.5) is 5.69 Å². The average Bonchev–Trinajstić information content (AvgIpc) is 3.13. The summed E-state index contributed by atoms with van der Waals surface area (Å²) in [5.41, 5.74) is 3.70. The quantitative estimate of drug-likeness (QED) is 0.249. The largest absolute Gasteiger partial charge is 0.326 e. The Hall–Kier alpha value is -2.42. The van der Waals surface area contributed by atoms with E-state index in [4.69, 9.17) is 23.2 Å². The van der Waals surface area contributed by atoms with Gasteiger partial charge in [0, 0.05) is 22.2 Å². The molecule has 0 unspecified atom stereocenters. The topological polar surface area (TPSA) is 66.5 Å². The average molecular weight is 617 g/mol. The van der Waals surface area contributed by atoms with Crippen LogP contribution < -0.4 is 5.32 Å². The van der Waals surface area contributed by atoms with Crippen molar-refractivity contribution in [3.63, 3.8) is 0 Å². The van der Waals surface area contributed by atoms with Crippen molar-refractivity contribution >= 4 is 69.2 Å². The van der Waals surface area contributed by atoms with Crippen LogP contribution in [-0.2, 0) is 24.1 Å². The molecule has 3 aromatic carbocycles. The van der Waals surface area contributed by atoms with E-state index in [1.807, 2.05) is 60.7 Å². The van der Waals surface area contributed by atoms with Gasteiger partial charge in [0.15, 0.2) is 0 Å².